The largest absolute Gasteiger partial charge is 0.384 e. The molecule has 0 aliphatic carbocycles. The fraction of sp³-hybridized carbons (Fsp3) is 0.438. The van der Waals surface area contributed by atoms with Crippen LogP contribution in [0.1, 0.15) is 11.4 Å². The number of anilines is 1. The maximum absolute atomic E-state index is 4.44. The average molecular weight is 268 g/mol. The summed E-state index contributed by atoms with van der Waals surface area (Å²) >= 11 is 0. The lowest BCUT2D eigenvalue weighted by atomic mass is 9.93. The van der Waals surface area contributed by atoms with Crippen molar-refractivity contribution in [1.82, 2.24) is 14.5 Å². The van der Waals surface area contributed by atoms with Crippen LogP contribution >= 0.6 is 0 Å². The first-order chi connectivity index (χ1) is 9.88. The molecule has 0 spiro atoms. The fourth-order valence-electron chi connectivity index (χ4n) is 3.38. The number of nitrogens with one attached hydrogen (secondary N) is 1. The van der Waals surface area contributed by atoms with Gasteiger partial charge in [-0.25, -0.2) is 4.98 Å². The van der Waals surface area contributed by atoms with E-state index in [1.54, 1.807) is 0 Å². The molecule has 1 aromatic carbocycles. The van der Waals surface area contributed by atoms with E-state index < -0.39 is 0 Å². The van der Waals surface area contributed by atoms with Gasteiger partial charge in [0.25, 0.3) is 0 Å². The zero-order chi connectivity index (χ0) is 13.4. The highest BCUT2D eigenvalue weighted by molar-refractivity contribution is 5.53. The number of hydrogen-bond acceptors (Lipinski definition) is 3. The molecule has 0 saturated carbocycles. The lowest BCUT2D eigenvalue weighted by Crippen LogP contribution is -2.40. The fourth-order valence-corrected chi connectivity index (χ4v) is 3.38. The summed E-state index contributed by atoms with van der Waals surface area (Å²) in [5, 5.41) is 3.57. The van der Waals surface area contributed by atoms with Gasteiger partial charge in [0.15, 0.2) is 0 Å². The standard InChI is InChI=1S/C16H20N4/c1-2-4-15-14(3-1)9-13(10-18-15)11-19-7-8-20-6-5-17-16(20)12-19/h1-6,13,18H,7-12H2. The molecule has 2 aliphatic rings. The highest BCUT2D eigenvalue weighted by Crippen LogP contribution is 2.25. The van der Waals surface area contributed by atoms with E-state index in [2.05, 4.69) is 50.2 Å². The normalized spacial score (nSPS) is 21.9. The summed E-state index contributed by atoms with van der Waals surface area (Å²) in [6.45, 7) is 5.45. The number of benzene rings is 1. The second-order valence-corrected chi connectivity index (χ2v) is 5.88. The van der Waals surface area contributed by atoms with Crippen molar-refractivity contribution in [3.05, 3.63) is 48.0 Å². The summed E-state index contributed by atoms with van der Waals surface area (Å²) in [5.41, 5.74) is 2.78. The summed E-state index contributed by atoms with van der Waals surface area (Å²) in [7, 11) is 0. The third-order valence-corrected chi connectivity index (χ3v) is 4.45. The summed E-state index contributed by atoms with van der Waals surface area (Å²) in [5.74, 6) is 1.91. The van der Waals surface area contributed by atoms with Crippen molar-refractivity contribution in [2.75, 3.05) is 25.0 Å². The minimum Gasteiger partial charge on any atom is -0.384 e. The summed E-state index contributed by atoms with van der Waals surface area (Å²) in [6, 6.07) is 8.68. The Morgan fingerprint density at radius 1 is 1.25 bits per heavy atom. The van der Waals surface area contributed by atoms with Gasteiger partial charge in [0.1, 0.15) is 5.82 Å². The molecule has 0 amide bonds. The van der Waals surface area contributed by atoms with Gasteiger partial charge in [-0.05, 0) is 24.0 Å². The van der Waals surface area contributed by atoms with E-state index in [1.165, 1.54) is 23.5 Å². The van der Waals surface area contributed by atoms with Gasteiger partial charge in [0.2, 0.25) is 0 Å². The molecule has 2 aromatic rings. The summed E-state index contributed by atoms with van der Waals surface area (Å²) in [4.78, 5) is 6.99. The molecule has 0 radical (unpaired) electrons. The zero-order valence-corrected chi connectivity index (χ0v) is 11.6. The van der Waals surface area contributed by atoms with Crippen molar-refractivity contribution in [1.29, 1.82) is 0 Å². The van der Waals surface area contributed by atoms with Crippen molar-refractivity contribution in [2.24, 2.45) is 5.92 Å². The maximum Gasteiger partial charge on any atom is 0.122 e. The Labute approximate surface area is 119 Å². The number of rotatable bonds is 2. The van der Waals surface area contributed by atoms with Gasteiger partial charge in [-0.1, -0.05) is 18.2 Å². The number of imidazole rings is 1. The van der Waals surface area contributed by atoms with Crippen LogP contribution in [0.3, 0.4) is 0 Å². The quantitative estimate of drug-likeness (QED) is 0.904. The first-order valence-electron chi connectivity index (χ1n) is 7.42. The summed E-state index contributed by atoms with van der Waals surface area (Å²) < 4.78 is 2.27. The van der Waals surface area contributed by atoms with E-state index in [0.717, 1.165) is 32.7 Å². The number of fused-ring (bicyclic) bond motifs is 2. The molecule has 1 aromatic heterocycles. The van der Waals surface area contributed by atoms with Crippen LogP contribution in [0.4, 0.5) is 5.69 Å². The van der Waals surface area contributed by atoms with Gasteiger partial charge in [-0.3, -0.25) is 4.90 Å². The van der Waals surface area contributed by atoms with Crippen LogP contribution in [0.15, 0.2) is 36.7 Å². The van der Waals surface area contributed by atoms with Crippen molar-refractivity contribution in [3.63, 3.8) is 0 Å². The van der Waals surface area contributed by atoms with Crippen molar-refractivity contribution < 1.29 is 0 Å². The molecule has 4 nitrogen and oxygen atoms in total. The van der Waals surface area contributed by atoms with Crippen molar-refractivity contribution in [2.45, 2.75) is 19.5 Å². The molecule has 20 heavy (non-hydrogen) atoms. The molecule has 2 aliphatic heterocycles. The zero-order valence-electron chi connectivity index (χ0n) is 11.6. The SMILES string of the molecule is c1ccc2c(c1)CC(CN1CCn3ccnc3C1)CN2. The van der Waals surface area contributed by atoms with Gasteiger partial charge in [-0.2, -0.15) is 0 Å². The van der Waals surface area contributed by atoms with Crippen LogP contribution in [0, 0.1) is 5.92 Å². The molecule has 0 fully saturated rings. The number of para-hydroxylation sites is 1. The van der Waals surface area contributed by atoms with Crippen molar-refractivity contribution >= 4 is 5.69 Å². The maximum atomic E-state index is 4.44. The van der Waals surface area contributed by atoms with E-state index in [-0.39, 0.29) is 0 Å². The average Bonchev–Trinajstić information content (AvgIpc) is 2.95. The van der Waals surface area contributed by atoms with Gasteiger partial charge in [0.05, 0.1) is 6.54 Å². The number of aromatic nitrogens is 2. The van der Waals surface area contributed by atoms with Crippen LogP contribution in [-0.4, -0.2) is 34.1 Å². The molecule has 0 bridgehead atoms. The second-order valence-electron chi connectivity index (χ2n) is 5.88. The van der Waals surface area contributed by atoms with Crippen LogP contribution < -0.4 is 5.32 Å². The Balaban J connectivity index is 1.42. The molecule has 1 atom stereocenters. The Hall–Kier alpha value is -1.81. The van der Waals surface area contributed by atoms with E-state index in [0.29, 0.717) is 5.92 Å². The third kappa shape index (κ3) is 2.20. The Kier molecular flexibility index (Phi) is 2.96. The van der Waals surface area contributed by atoms with Crippen LogP contribution in [0.2, 0.25) is 0 Å². The smallest absolute Gasteiger partial charge is 0.122 e. The lowest BCUT2D eigenvalue weighted by molar-refractivity contribution is 0.186. The summed E-state index contributed by atoms with van der Waals surface area (Å²) in [6.07, 6.45) is 5.19. The molecule has 104 valence electrons. The predicted octanol–water partition coefficient (Wildman–Crippen LogP) is 1.98. The first-order valence-corrected chi connectivity index (χ1v) is 7.42. The molecule has 0 saturated heterocycles. The Morgan fingerprint density at radius 3 is 3.20 bits per heavy atom. The Morgan fingerprint density at radius 2 is 2.20 bits per heavy atom. The highest BCUT2D eigenvalue weighted by Gasteiger charge is 2.23. The van der Waals surface area contributed by atoms with E-state index >= 15 is 0 Å². The predicted molar refractivity (Wildman–Crippen MR) is 79.6 cm³/mol. The van der Waals surface area contributed by atoms with Gasteiger partial charge < -0.3 is 9.88 Å². The molecule has 3 heterocycles. The molecule has 4 heteroatoms. The van der Waals surface area contributed by atoms with Gasteiger partial charge in [-0.15, -0.1) is 0 Å². The monoisotopic (exact) mass is 268 g/mol. The second kappa shape index (κ2) is 4.94. The molecule has 1 unspecified atom stereocenters. The van der Waals surface area contributed by atoms with Crippen LogP contribution in [-0.2, 0) is 19.5 Å². The minimum atomic E-state index is 0.700. The number of hydrogen-bond donors (Lipinski definition) is 1. The van der Waals surface area contributed by atoms with E-state index in [4.69, 9.17) is 0 Å². The number of nitrogens with zero attached hydrogens (tertiary/aromatic N) is 3. The lowest BCUT2D eigenvalue weighted by Gasteiger charge is -2.33. The highest BCUT2D eigenvalue weighted by atomic mass is 15.2. The molecular formula is C16H20N4. The van der Waals surface area contributed by atoms with Crippen LogP contribution in [0.5, 0.6) is 0 Å². The molecule has 1 N–H and O–H groups in total. The van der Waals surface area contributed by atoms with Gasteiger partial charge >= 0.3 is 0 Å². The van der Waals surface area contributed by atoms with Crippen molar-refractivity contribution in [3.8, 4) is 0 Å². The van der Waals surface area contributed by atoms with E-state index in [1.807, 2.05) is 6.20 Å². The Bertz CT molecular complexity index is 604. The first kappa shape index (κ1) is 12.0. The van der Waals surface area contributed by atoms with Crippen LogP contribution in [0.25, 0.3) is 0 Å². The molecule has 4 rings (SSSR count). The minimum absolute atomic E-state index is 0.700. The topological polar surface area (TPSA) is 33.1 Å². The van der Waals surface area contributed by atoms with Gasteiger partial charge in [0, 0.05) is 44.3 Å². The third-order valence-electron chi connectivity index (χ3n) is 4.45. The van der Waals surface area contributed by atoms with E-state index in [9.17, 15) is 0 Å². The molecular weight excluding hydrogens is 248 g/mol.